The van der Waals surface area contributed by atoms with Crippen LogP contribution in [0.3, 0.4) is 0 Å². The summed E-state index contributed by atoms with van der Waals surface area (Å²) in [6.45, 7) is 6.45. The number of aliphatic hydroxyl groups is 1. The number of nitrogens with two attached hydrogens (primary N) is 1. The third-order valence-corrected chi connectivity index (χ3v) is 5.76. The predicted octanol–water partition coefficient (Wildman–Crippen LogP) is 4.35. The molecule has 1 aliphatic rings. The molecule has 3 aromatic heterocycles. The summed E-state index contributed by atoms with van der Waals surface area (Å²) < 4.78 is 14.4. The lowest BCUT2D eigenvalue weighted by Gasteiger charge is -2.31. The Balaban J connectivity index is 0.00000126. The van der Waals surface area contributed by atoms with Gasteiger partial charge in [-0.1, -0.05) is 6.58 Å². The molecule has 5 rings (SSSR count). The Morgan fingerprint density at radius 3 is 2.88 bits per heavy atom. The number of hydrogen-bond acceptors (Lipinski definition) is 7. The van der Waals surface area contributed by atoms with Gasteiger partial charge in [-0.3, -0.25) is 4.98 Å². The first-order chi connectivity index (χ1) is 16.1. The molecule has 0 aliphatic carbocycles. The Morgan fingerprint density at radius 1 is 1.21 bits per heavy atom. The number of ether oxygens (including phenoxy) is 2. The number of hydrogen-bond donors (Lipinski definition) is 2. The molecule has 3 N–H and O–H groups in total. The van der Waals surface area contributed by atoms with Gasteiger partial charge in [0.05, 0.1) is 17.0 Å². The molecule has 33 heavy (non-hydrogen) atoms. The van der Waals surface area contributed by atoms with Gasteiger partial charge in [-0.15, -0.1) is 0 Å². The summed E-state index contributed by atoms with van der Waals surface area (Å²) in [5.41, 5.74) is 9.72. The molecule has 0 saturated carbocycles. The Hall–Kier alpha value is -3.49. The minimum Gasteiger partial charge on any atom is -0.491 e. The molecule has 8 heteroatoms. The van der Waals surface area contributed by atoms with Gasteiger partial charge in [0.15, 0.2) is 0 Å². The fourth-order valence-electron chi connectivity index (χ4n) is 4.04. The molecule has 1 aromatic carbocycles. The van der Waals surface area contributed by atoms with Crippen molar-refractivity contribution in [2.75, 3.05) is 19.5 Å². The maximum absolute atomic E-state index is 7.00. The van der Waals surface area contributed by atoms with Crippen molar-refractivity contribution in [3.8, 4) is 5.75 Å². The van der Waals surface area contributed by atoms with Gasteiger partial charge >= 0.3 is 0 Å². The third-order valence-electron chi connectivity index (χ3n) is 5.76. The molecule has 1 aliphatic heterocycles. The topological polar surface area (TPSA) is 108 Å². The molecular weight excluding hydrogens is 418 g/mol. The highest BCUT2D eigenvalue weighted by molar-refractivity contribution is 5.86. The lowest BCUT2D eigenvalue weighted by molar-refractivity contribution is -0.101. The largest absolute Gasteiger partial charge is 0.491 e. The highest BCUT2D eigenvalue weighted by atomic mass is 16.5. The van der Waals surface area contributed by atoms with Gasteiger partial charge in [-0.2, -0.15) is 0 Å². The van der Waals surface area contributed by atoms with Gasteiger partial charge in [0.25, 0.3) is 0 Å². The van der Waals surface area contributed by atoms with Crippen molar-refractivity contribution in [1.29, 1.82) is 0 Å². The molecule has 4 heterocycles. The second-order valence-corrected chi connectivity index (χ2v) is 8.03. The van der Waals surface area contributed by atoms with E-state index < -0.39 is 0 Å². The normalized spacial score (nSPS) is 18.0. The van der Waals surface area contributed by atoms with Crippen LogP contribution in [0, 0.1) is 0 Å². The second kappa shape index (κ2) is 9.97. The molecule has 1 saturated heterocycles. The average molecular weight is 448 g/mol. The SMILES string of the molecule is C=C(C)c1cnc2cc(OCC3CCCC(n4ccc5c(N)ncnc54)O3)ccc2c1.CO. The zero-order valence-corrected chi connectivity index (χ0v) is 18.9. The van der Waals surface area contributed by atoms with E-state index in [-0.39, 0.29) is 12.3 Å². The second-order valence-electron chi connectivity index (χ2n) is 8.03. The van der Waals surface area contributed by atoms with Crippen molar-refractivity contribution in [3.05, 3.63) is 61.2 Å². The monoisotopic (exact) mass is 447 g/mol. The van der Waals surface area contributed by atoms with Gasteiger partial charge in [-0.05, 0) is 61.6 Å². The Bertz CT molecular complexity index is 1270. The molecule has 8 nitrogen and oxygen atoms in total. The molecule has 0 bridgehead atoms. The van der Waals surface area contributed by atoms with Crippen LogP contribution in [0.5, 0.6) is 5.75 Å². The van der Waals surface area contributed by atoms with Crippen LogP contribution in [0.1, 0.15) is 38.0 Å². The summed E-state index contributed by atoms with van der Waals surface area (Å²) in [7, 11) is 1.00. The molecule has 0 amide bonds. The van der Waals surface area contributed by atoms with Gasteiger partial charge in [0.2, 0.25) is 0 Å². The van der Waals surface area contributed by atoms with E-state index >= 15 is 0 Å². The number of allylic oxidation sites excluding steroid dienone is 1. The quantitative estimate of drug-likeness (QED) is 0.468. The molecular formula is C25H29N5O3. The van der Waals surface area contributed by atoms with Crippen molar-refractivity contribution >= 4 is 33.3 Å². The number of anilines is 1. The van der Waals surface area contributed by atoms with Crippen molar-refractivity contribution < 1.29 is 14.6 Å². The van der Waals surface area contributed by atoms with E-state index in [1.54, 1.807) is 0 Å². The zero-order chi connectivity index (χ0) is 23.4. The number of fused-ring (bicyclic) bond motifs is 2. The summed E-state index contributed by atoms with van der Waals surface area (Å²) in [5.74, 6) is 1.28. The smallest absolute Gasteiger partial charge is 0.147 e. The maximum Gasteiger partial charge on any atom is 0.147 e. The molecule has 0 spiro atoms. The predicted molar refractivity (Wildman–Crippen MR) is 130 cm³/mol. The first-order valence-electron chi connectivity index (χ1n) is 10.9. The van der Waals surface area contributed by atoms with Crippen molar-refractivity contribution in [2.24, 2.45) is 0 Å². The minimum atomic E-state index is -0.0898. The van der Waals surface area contributed by atoms with Gasteiger partial charge in [-0.25, -0.2) is 9.97 Å². The van der Waals surface area contributed by atoms with Crippen LogP contribution in [-0.2, 0) is 4.74 Å². The summed E-state index contributed by atoms with van der Waals surface area (Å²) >= 11 is 0. The maximum atomic E-state index is 7.00. The lowest BCUT2D eigenvalue weighted by atomic mass is 10.1. The van der Waals surface area contributed by atoms with E-state index in [0.29, 0.717) is 12.4 Å². The van der Waals surface area contributed by atoms with Crippen LogP contribution in [0.15, 0.2) is 55.6 Å². The van der Waals surface area contributed by atoms with Crippen LogP contribution in [0.4, 0.5) is 5.82 Å². The molecule has 2 unspecified atom stereocenters. The van der Waals surface area contributed by atoms with Crippen LogP contribution >= 0.6 is 0 Å². The van der Waals surface area contributed by atoms with Crippen molar-refractivity contribution in [1.82, 2.24) is 19.5 Å². The number of aromatic nitrogens is 4. The Labute approximate surface area is 192 Å². The molecule has 172 valence electrons. The van der Waals surface area contributed by atoms with Crippen molar-refractivity contribution in [3.63, 3.8) is 0 Å². The minimum absolute atomic E-state index is 0.00447. The molecule has 1 fully saturated rings. The molecule has 0 radical (unpaired) electrons. The van der Waals surface area contributed by atoms with Crippen molar-refractivity contribution in [2.45, 2.75) is 38.5 Å². The van der Waals surface area contributed by atoms with E-state index in [4.69, 9.17) is 20.3 Å². The standard InChI is InChI=1S/C24H25N5O2.CH4O/c1-15(2)17-10-16-6-7-18(11-21(16)26-12-17)30-13-19-4-3-5-22(31-19)29-9-8-20-23(25)27-14-28-24(20)29;1-2/h6-12,14,19,22H,1,3-5,13H2,2H3,(H2,25,27,28);2H,1H3. The van der Waals surface area contributed by atoms with Crippen LogP contribution < -0.4 is 10.5 Å². The van der Waals surface area contributed by atoms with E-state index in [1.807, 2.05) is 48.1 Å². The van der Waals surface area contributed by atoms with Crippen LogP contribution in [0.25, 0.3) is 27.5 Å². The van der Waals surface area contributed by atoms with Gasteiger partial charge in [0, 0.05) is 31.0 Å². The van der Waals surface area contributed by atoms with E-state index in [9.17, 15) is 0 Å². The van der Waals surface area contributed by atoms with Gasteiger partial charge in [0.1, 0.15) is 36.4 Å². The third kappa shape index (κ3) is 4.81. The van der Waals surface area contributed by atoms with E-state index in [1.165, 1.54) is 6.33 Å². The first-order valence-corrected chi connectivity index (χ1v) is 10.9. The number of benzene rings is 1. The summed E-state index contributed by atoms with van der Waals surface area (Å²) in [6.07, 6.45) is 8.17. The molecule has 2 atom stereocenters. The fraction of sp³-hybridized carbons (Fsp3) is 0.320. The number of aliphatic hydroxyl groups excluding tert-OH is 1. The first kappa shape index (κ1) is 22.7. The number of rotatable bonds is 5. The van der Waals surface area contributed by atoms with E-state index in [0.717, 1.165) is 65.2 Å². The summed E-state index contributed by atoms with van der Waals surface area (Å²) in [6, 6.07) is 10.0. The molecule has 4 aromatic rings. The Kier molecular flexibility index (Phi) is 6.86. The Morgan fingerprint density at radius 2 is 2.06 bits per heavy atom. The lowest BCUT2D eigenvalue weighted by Crippen LogP contribution is -2.30. The summed E-state index contributed by atoms with van der Waals surface area (Å²) in [5, 5.41) is 8.92. The van der Waals surface area contributed by atoms with Crippen LogP contribution in [0.2, 0.25) is 0 Å². The highest BCUT2D eigenvalue weighted by Gasteiger charge is 2.25. The summed E-state index contributed by atoms with van der Waals surface area (Å²) in [4.78, 5) is 13.0. The number of nitrogens with zero attached hydrogens (tertiary/aromatic N) is 4. The van der Waals surface area contributed by atoms with Gasteiger partial charge < -0.3 is 24.9 Å². The van der Waals surface area contributed by atoms with Crippen LogP contribution in [-0.4, -0.2) is 44.4 Å². The average Bonchev–Trinajstić information content (AvgIpc) is 3.29. The highest BCUT2D eigenvalue weighted by Crippen LogP contribution is 2.31. The van der Waals surface area contributed by atoms with E-state index in [2.05, 4.69) is 27.6 Å². The zero-order valence-electron chi connectivity index (χ0n) is 18.9. The number of pyridine rings is 1. The number of nitrogen functional groups attached to an aromatic ring is 1. The fourth-order valence-corrected chi connectivity index (χ4v) is 4.04.